The maximum atomic E-state index is 11.9. The molecule has 0 heterocycles. The monoisotopic (exact) mass is 323 g/mol. The fraction of sp³-hybridized carbons (Fsp3) is 0.400. The van der Waals surface area contributed by atoms with Gasteiger partial charge in [0.25, 0.3) is 0 Å². The Morgan fingerprint density at radius 1 is 1.44 bits per heavy atom. The van der Waals surface area contributed by atoms with Crippen molar-refractivity contribution in [1.82, 2.24) is 0 Å². The molecule has 6 heteroatoms. The predicted octanol–water partition coefficient (Wildman–Crippen LogP) is 2.56. The summed E-state index contributed by atoms with van der Waals surface area (Å²) < 4.78 is 24.7. The van der Waals surface area contributed by atoms with Gasteiger partial charge in [0, 0.05) is 4.47 Å². The molecule has 0 spiro atoms. The standard InChI is InChI=1S/C10H14BrNO2S2/c1-15-5-2-6-16(13,14)10-4-3-8(11)7-9(10)12/h3-4,7H,2,5-6,12H2,1H3. The highest BCUT2D eigenvalue weighted by Crippen LogP contribution is 2.24. The number of nitrogen functional groups attached to an aromatic ring is 1. The second-order valence-electron chi connectivity index (χ2n) is 3.35. The van der Waals surface area contributed by atoms with E-state index in [1.54, 1.807) is 30.0 Å². The average molecular weight is 324 g/mol. The Balaban J connectivity index is 2.90. The summed E-state index contributed by atoms with van der Waals surface area (Å²) in [6.45, 7) is 0. The molecule has 1 aromatic rings. The van der Waals surface area contributed by atoms with E-state index in [1.165, 1.54) is 0 Å². The van der Waals surface area contributed by atoms with E-state index >= 15 is 0 Å². The molecule has 0 aliphatic rings. The minimum atomic E-state index is -3.24. The van der Waals surface area contributed by atoms with Crippen molar-refractivity contribution in [3.05, 3.63) is 22.7 Å². The maximum Gasteiger partial charge on any atom is 0.180 e. The molecular formula is C10H14BrNO2S2. The van der Waals surface area contributed by atoms with E-state index in [0.717, 1.165) is 10.2 Å². The van der Waals surface area contributed by atoms with Crippen LogP contribution in [-0.4, -0.2) is 26.2 Å². The minimum absolute atomic E-state index is 0.152. The van der Waals surface area contributed by atoms with Gasteiger partial charge in [-0.15, -0.1) is 0 Å². The Labute approximate surface area is 109 Å². The second-order valence-corrected chi connectivity index (χ2v) is 7.33. The van der Waals surface area contributed by atoms with E-state index in [0.29, 0.717) is 12.1 Å². The SMILES string of the molecule is CSCCCS(=O)(=O)c1ccc(Br)cc1N. The van der Waals surface area contributed by atoms with Gasteiger partial charge in [-0.1, -0.05) is 15.9 Å². The highest BCUT2D eigenvalue weighted by Gasteiger charge is 2.16. The van der Waals surface area contributed by atoms with Gasteiger partial charge in [-0.05, 0) is 36.6 Å². The van der Waals surface area contributed by atoms with Gasteiger partial charge in [-0.25, -0.2) is 8.42 Å². The lowest BCUT2D eigenvalue weighted by atomic mass is 10.3. The van der Waals surface area contributed by atoms with E-state index in [4.69, 9.17) is 5.73 Å². The first-order valence-electron chi connectivity index (χ1n) is 4.74. The van der Waals surface area contributed by atoms with Crippen LogP contribution in [0, 0.1) is 0 Å². The van der Waals surface area contributed by atoms with Crippen molar-refractivity contribution in [2.24, 2.45) is 0 Å². The van der Waals surface area contributed by atoms with E-state index < -0.39 is 9.84 Å². The molecule has 0 bridgehead atoms. The highest BCUT2D eigenvalue weighted by molar-refractivity contribution is 9.10. The molecule has 1 aromatic carbocycles. The summed E-state index contributed by atoms with van der Waals surface area (Å²) in [4.78, 5) is 0.233. The van der Waals surface area contributed by atoms with E-state index in [2.05, 4.69) is 15.9 Å². The number of rotatable bonds is 5. The van der Waals surface area contributed by atoms with Crippen LogP contribution in [0.4, 0.5) is 5.69 Å². The summed E-state index contributed by atoms with van der Waals surface area (Å²) in [5.74, 6) is 0.995. The molecule has 0 radical (unpaired) electrons. The first-order valence-corrected chi connectivity index (χ1v) is 8.58. The molecule has 16 heavy (non-hydrogen) atoms. The van der Waals surface area contributed by atoms with Crippen LogP contribution in [0.3, 0.4) is 0 Å². The minimum Gasteiger partial charge on any atom is -0.398 e. The van der Waals surface area contributed by atoms with Gasteiger partial charge in [-0.3, -0.25) is 0 Å². The van der Waals surface area contributed by atoms with Gasteiger partial charge in [-0.2, -0.15) is 11.8 Å². The Bertz CT molecular complexity index is 460. The van der Waals surface area contributed by atoms with Crippen molar-refractivity contribution in [2.45, 2.75) is 11.3 Å². The summed E-state index contributed by atoms with van der Waals surface area (Å²) >= 11 is 4.89. The normalized spacial score (nSPS) is 11.6. The number of halogens is 1. The smallest absolute Gasteiger partial charge is 0.180 e. The summed E-state index contributed by atoms with van der Waals surface area (Å²) in [5, 5.41) is 0. The second kappa shape index (κ2) is 5.93. The molecule has 0 aliphatic carbocycles. The molecular weight excluding hydrogens is 310 g/mol. The van der Waals surface area contributed by atoms with E-state index in [-0.39, 0.29) is 10.6 Å². The Morgan fingerprint density at radius 3 is 2.69 bits per heavy atom. The first kappa shape index (κ1) is 13.9. The van der Waals surface area contributed by atoms with Gasteiger partial charge in [0.15, 0.2) is 9.84 Å². The third kappa shape index (κ3) is 3.68. The van der Waals surface area contributed by atoms with Crippen molar-refractivity contribution in [2.75, 3.05) is 23.5 Å². The molecule has 0 unspecified atom stereocenters. The maximum absolute atomic E-state index is 11.9. The summed E-state index contributed by atoms with van der Waals surface area (Å²) in [7, 11) is -3.24. The Kier molecular flexibility index (Phi) is 5.14. The number of sulfone groups is 1. The Morgan fingerprint density at radius 2 is 2.12 bits per heavy atom. The van der Waals surface area contributed by atoms with Crippen molar-refractivity contribution in [1.29, 1.82) is 0 Å². The molecule has 0 aliphatic heterocycles. The van der Waals surface area contributed by atoms with E-state index in [9.17, 15) is 8.42 Å². The van der Waals surface area contributed by atoms with Crippen LogP contribution in [-0.2, 0) is 9.84 Å². The summed E-state index contributed by atoms with van der Waals surface area (Å²) in [5.41, 5.74) is 6.00. The molecule has 90 valence electrons. The quantitative estimate of drug-likeness (QED) is 0.668. The van der Waals surface area contributed by atoms with Gasteiger partial charge in [0.05, 0.1) is 16.3 Å². The molecule has 0 saturated carbocycles. The lowest BCUT2D eigenvalue weighted by Crippen LogP contribution is -2.10. The van der Waals surface area contributed by atoms with E-state index in [1.807, 2.05) is 6.26 Å². The molecule has 0 saturated heterocycles. The summed E-state index contributed by atoms with van der Waals surface area (Å²) in [6, 6.07) is 4.85. The molecule has 3 nitrogen and oxygen atoms in total. The number of thioether (sulfide) groups is 1. The topological polar surface area (TPSA) is 60.2 Å². The van der Waals surface area contributed by atoms with Crippen molar-refractivity contribution >= 4 is 43.2 Å². The zero-order chi connectivity index (χ0) is 12.2. The van der Waals surface area contributed by atoms with Crippen LogP contribution in [0.25, 0.3) is 0 Å². The molecule has 0 aromatic heterocycles. The summed E-state index contributed by atoms with van der Waals surface area (Å²) in [6.07, 6.45) is 2.61. The number of hydrogen-bond donors (Lipinski definition) is 1. The van der Waals surface area contributed by atoms with Gasteiger partial charge < -0.3 is 5.73 Å². The number of hydrogen-bond acceptors (Lipinski definition) is 4. The lowest BCUT2D eigenvalue weighted by molar-refractivity contribution is 0.595. The molecule has 0 atom stereocenters. The zero-order valence-corrected chi connectivity index (χ0v) is 12.2. The van der Waals surface area contributed by atoms with Crippen LogP contribution in [0.15, 0.2) is 27.6 Å². The van der Waals surface area contributed by atoms with Crippen molar-refractivity contribution < 1.29 is 8.42 Å². The number of anilines is 1. The zero-order valence-electron chi connectivity index (χ0n) is 8.94. The fourth-order valence-corrected chi connectivity index (χ4v) is 3.74. The average Bonchev–Trinajstić information content (AvgIpc) is 2.17. The van der Waals surface area contributed by atoms with Gasteiger partial charge >= 0.3 is 0 Å². The molecule has 0 fully saturated rings. The van der Waals surface area contributed by atoms with Gasteiger partial charge in [0.1, 0.15) is 0 Å². The van der Waals surface area contributed by atoms with Crippen molar-refractivity contribution in [3.63, 3.8) is 0 Å². The molecule has 1 rings (SSSR count). The third-order valence-corrected chi connectivity index (χ3v) is 5.13. The van der Waals surface area contributed by atoms with Crippen LogP contribution < -0.4 is 5.73 Å². The first-order chi connectivity index (χ1) is 7.47. The van der Waals surface area contributed by atoms with Crippen LogP contribution in [0.1, 0.15) is 6.42 Å². The van der Waals surface area contributed by atoms with Crippen LogP contribution in [0.2, 0.25) is 0 Å². The third-order valence-electron chi connectivity index (χ3n) is 2.07. The van der Waals surface area contributed by atoms with Gasteiger partial charge in [0.2, 0.25) is 0 Å². The largest absolute Gasteiger partial charge is 0.398 e. The molecule has 0 amide bonds. The van der Waals surface area contributed by atoms with Crippen LogP contribution in [0.5, 0.6) is 0 Å². The van der Waals surface area contributed by atoms with Crippen molar-refractivity contribution in [3.8, 4) is 0 Å². The number of benzene rings is 1. The number of nitrogens with two attached hydrogens (primary N) is 1. The van der Waals surface area contributed by atoms with Crippen LogP contribution >= 0.6 is 27.7 Å². The fourth-order valence-electron chi connectivity index (χ4n) is 1.31. The lowest BCUT2D eigenvalue weighted by Gasteiger charge is -2.07. The highest BCUT2D eigenvalue weighted by atomic mass is 79.9. The molecule has 2 N–H and O–H groups in total. The Hall–Kier alpha value is -0.200. The predicted molar refractivity (Wildman–Crippen MR) is 73.6 cm³/mol.